The molecule has 1 heterocycles. The number of H-pyrrole nitrogens is 1. The number of hydrogen-bond donors (Lipinski definition) is 2. The van der Waals surface area contributed by atoms with Crippen LogP contribution in [0.1, 0.15) is 23.6 Å². The number of aryl methyl sites for hydroxylation is 2. The van der Waals surface area contributed by atoms with Crippen LogP contribution in [0, 0.1) is 23.0 Å². The number of nitro benzene ring substituents is 1. The zero-order valence-corrected chi connectivity index (χ0v) is 13.2. The number of amides is 1. The molecule has 1 aromatic carbocycles. The molecule has 1 aliphatic rings. The summed E-state index contributed by atoms with van der Waals surface area (Å²) < 4.78 is 0. The molecule has 0 radical (unpaired) electrons. The van der Waals surface area contributed by atoms with Gasteiger partial charge in [-0.05, 0) is 31.9 Å². The number of aromatic nitrogens is 2. The van der Waals surface area contributed by atoms with Crippen LogP contribution in [-0.2, 0) is 17.6 Å². The van der Waals surface area contributed by atoms with Crippen molar-refractivity contribution in [1.29, 1.82) is 0 Å². The van der Waals surface area contributed by atoms with Crippen molar-refractivity contribution in [1.82, 2.24) is 9.97 Å². The maximum atomic E-state index is 12.5. The quantitative estimate of drug-likeness (QED) is 0.665. The highest BCUT2D eigenvalue weighted by Crippen LogP contribution is 2.30. The first-order valence-corrected chi connectivity index (χ1v) is 7.61. The van der Waals surface area contributed by atoms with E-state index in [2.05, 4.69) is 15.3 Å². The Balaban J connectivity index is 1.78. The van der Waals surface area contributed by atoms with Gasteiger partial charge in [-0.25, -0.2) is 4.98 Å². The highest BCUT2D eigenvalue weighted by Gasteiger charge is 2.28. The second-order valence-electron chi connectivity index (χ2n) is 5.60. The number of imidazole rings is 1. The van der Waals surface area contributed by atoms with Crippen LogP contribution >= 0.6 is 11.6 Å². The van der Waals surface area contributed by atoms with Crippen LogP contribution in [0.4, 0.5) is 11.4 Å². The van der Waals surface area contributed by atoms with Gasteiger partial charge < -0.3 is 10.3 Å². The van der Waals surface area contributed by atoms with Gasteiger partial charge in [-0.1, -0.05) is 11.6 Å². The van der Waals surface area contributed by atoms with Crippen LogP contribution in [-0.4, -0.2) is 20.8 Å². The van der Waals surface area contributed by atoms with E-state index in [1.165, 1.54) is 18.2 Å². The van der Waals surface area contributed by atoms with E-state index in [0.717, 1.165) is 23.6 Å². The Bertz CT molecular complexity index is 787. The molecule has 1 amide bonds. The lowest BCUT2D eigenvalue weighted by molar-refractivity contribution is -0.383. The van der Waals surface area contributed by atoms with Gasteiger partial charge >= 0.3 is 0 Å². The molecular weight excluding hydrogens is 320 g/mol. The molecular formula is C15H15ClN4O3. The molecule has 8 heteroatoms. The van der Waals surface area contributed by atoms with Crippen molar-refractivity contribution in [3.63, 3.8) is 0 Å². The molecule has 0 spiro atoms. The van der Waals surface area contributed by atoms with E-state index in [1.54, 1.807) is 0 Å². The average molecular weight is 335 g/mol. The van der Waals surface area contributed by atoms with Crippen LogP contribution in [0.25, 0.3) is 0 Å². The Hall–Kier alpha value is -2.41. The zero-order chi connectivity index (χ0) is 16.6. The minimum atomic E-state index is -0.539. The lowest BCUT2D eigenvalue weighted by atomic mass is 9.89. The number of anilines is 1. The molecule has 1 aliphatic carbocycles. The Morgan fingerprint density at radius 2 is 2.30 bits per heavy atom. The van der Waals surface area contributed by atoms with Crippen molar-refractivity contribution in [3.05, 3.63) is 50.5 Å². The fourth-order valence-corrected chi connectivity index (χ4v) is 3.02. The number of fused-ring (bicyclic) bond motifs is 1. The van der Waals surface area contributed by atoms with E-state index in [-0.39, 0.29) is 23.2 Å². The predicted octanol–water partition coefficient (Wildman–Crippen LogP) is 3.02. The molecule has 2 aromatic rings. The first-order valence-electron chi connectivity index (χ1n) is 7.23. The molecule has 0 saturated heterocycles. The van der Waals surface area contributed by atoms with Crippen molar-refractivity contribution >= 4 is 28.9 Å². The standard InChI is InChI=1S/C15H15ClN4O3/c1-8-17-11-4-2-9(6-12(11)18-8)15(21)19-13-7-10(16)3-5-14(13)20(22)23/h3,5,7,9H,2,4,6H2,1H3,(H,17,18)(H,19,21). The monoisotopic (exact) mass is 334 g/mol. The number of aromatic amines is 1. The third-order valence-electron chi connectivity index (χ3n) is 3.95. The maximum Gasteiger partial charge on any atom is 0.292 e. The topological polar surface area (TPSA) is 101 Å². The van der Waals surface area contributed by atoms with Gasteiger partial charge in [0.25, 0.3) is 5.69 Å². The van der Waals surface area contributed by atoms with Gasteiger partial charge in [-0.15, -0.1) is 0 Å². The number of carbonyl (C=O) groups is 1. The largest absolute Gasteiger partial charge is 0.346 e. The summed E-state index contributed by atoms with van der Waals surface area (Å²) in [5.41, 5.74) is 1.92. The molecule has 1 unspecified atom stereocenters. The molecule has 3 rings (SSSR count). The fourth-order valence-electron chi connectivity index (χ4n) is 2.85. The first-order chi connectivity index (χ1) is 10.9. The van der Waals surface area contributed by atoms with Gasteiger partial charge in [-0.3, -0.25) is 14.9 Å². The third-order valence-corrected chi connectivity index (χ3v) is 4.18. The predicted molar refractivity (Wildman–Crippen MR) is 85.6 cm³/mol. The van der Waals surface area contributed by atoms with Crippen LogP contribution in [0.15, 0.2) is 18.2 Å². The summed E-state index contributed by atoms with van der Waals surface area (Å²) in [4.78, 5) is 30.5. The minimum absolute atomic E-state index is 0.124. The number of rotatable bonds is 3. The lowest BCUT2D eigenvalue weighted by Gasteiger charge is -2.20. The second-order valence-corrected chi connectivity index (χ2v) is 6.03. The molecule has 0 bridgehead atoms. The highest BCUT2D eigenvalue weighted by atomic mass is 35.5. The number of hydrogen-bond acceptors (Lipinski definition) is 4. The number of nitrogens with one attached hydrogen (secondary N) is 2. The van der Waals surface area contributed by atoms with E-state index in [4.69, 9.17) is 11.6 Å². The fraction of sp³-hybridized carbons (Fsp3) is 0.333. The van der Waals surface area contributed by atoms with Crippen molar-refractivity contribution in [2.24, 2.45) is 5.92 Å². The zero-order valence-electron chi connectivity index (χ0n) is 12.4. The molecule has 0 aliphatic heterocycles. The van der Waals surface area contributed by atoms with E-state index >= 15 is 0 Å². The molecule has 0 saturated carbocycles. The Morgan fingerprint density at radius 3 is 3.04 bits per heavy atom. The summed E-state index contributed by atoms with van der Waals surface area (Å²) in [5, 5.41) is 14.0. The number of nitro groups is 1. The Kier molecular flexibility index (Phi) is 4.04. The van der Waals surface area contributed by atoms with E-state index < -0.39 is 4.92 Å². The Labute approximate surface area is 137 Å². The lowest BCUT2D eigenvalue weighted by Crippen LogP contribution is -2.28. The van der Waals surface area contributed by atoms with Crippen molar-refractivity contribution in [2.45, 2.75) is 26.2 Å². The molecule has 120 valence electrons. The maximum absolute atomic E-state index is 12.5. The summed E-state index contributed by atoms with van der Waals surface area (Å²) in [6.07, 6.45) is 1.93. The van der Waals surface area contributed by atoms with Gasteiger partial charge in [0.2, 0.25) is 5.91 Å². The second kappa shape index (κ2) is 6.00. The van der Waals surface area contributed by atoms with Gasteiger partial charge in [0, 0.05) is 29.1 Å². The van der Waals surface area contributed by atoms with E-state index in [9.17, 15) is 14.9 Å². The van der Waals surface area contributed by atoms with E-state index in [0.29, 0.717) is 17.9 Å². The summed E-state index contributed by atoms with van der Waals surface area (Å²) >= 11 is 5.87. The average Bonchev–Trinajstić information content (AvgIpc) is 2.85. The smallest absolute Gasteiger partial charge is 0.292 e. The molecule has 0 fully saturated rings. The number of benzene rings is 1. The van der Waals surface area contributed by atoms with Gasteiger partial charge in [0.15, 0.2) is 0 Å². The molecule has 23 heavy (non-hydrogen) atoms. The summed E-state index contributed by atoms with van der Waals surface area (Å²) in [6.45, 7) is 1.88. The normalized spacial score (nSPS) is 16.7. The number of halogens is 1. The van der Waals surface area contributed by atoms with Crippen LogP contribution in [0.3, 0.4) is 0 Å². The number of carbonyl (C=O) groups excluding carboxylic acids is 1. The molecule has 2 N–H and O–H groups in total. The summed E-state index contributed by atoms with van der Waals surface area (Å²) in [7, 11) is 0. The van der Waals surface area contributed by atoms with Crippen LogP contribution in [0.5, 0.6) is 0 Å². The Morgan fingerprint density at radius 1 is 1.52 bits per heavy atom. The first kappa shape index (κ1) is 15.5. The van der Waals surface area contributed by atoms with Crippen molar-refractivity contribution in [3.8, 4) is 0 Å². The van der Waals surface area contributed by atoms with E-state index in [1.807, 2.05) is 6.92 Å². The van der Waals surface area contributed by atoms with Crippen molar-refractivity contribution < 1.29 is 9.72 Å². The van der Waals surface area contributed by atoms with Crippen molar-refractivity contribution in [2.75, 3.05) is 5.32 Å². The van der Waals surface area contributed by atoms with Crippen LogP contribution in [0.2, 0.25) is 5.02 Å². The number of nitrogens with zero attached hydrogens (tertiary/aromatic N) is 2. The van der Waals surface area contributed by atoms with Gasteiger partial charge in [0.1, 0.15) is 11.5 Å². The summed E-state index contributed by atoms with van der Waals surface area (Å²) in [5.74, 6) is 0.343. The SMILES string of the molecule is Cc1nc2c([nH]1)CC(C(=O)Nc1cc(Cl)ccc1[N+](=O)[O-])CC2. The van der Waals surface area contributed by atoms with Gasteiger partial charge in [-0.2, -0.15) is 0 Å². The van der Waals surface area contributed by atoms with Gasteiger partial charge in [0.05, 0.1) is 10.6 Å². The van der Waals surface area contributed by atoms with Crippen LogP contribution < -0.4 is 5.32 Å². The molecule has 7 nitrogen and oxygen atoms in total. The third kappa shape index (κ3) is 3.19. The minimum Gasteiger partial charge on any atom is -0.346 e. The molecule has 1 atom stereocenters. The highest BCUT2D eigenvalue weighted by molar-refractivity contribution is 6.31. The molecule has 1 aromatic heterocycles. The summed E-state index contributed by atoms with van der Waals surface area (Å²) in [6, 6.07) is 4.11.